The van der Waals surface area contributed by atoms with Crippen LogP contribution >= 0.6 is 11.8 Å². The van der Waals surface area contributed by atoms with Crippen molar-refractivity contribution in [2.75, 3.05) is 18.2 Å². The summed E-state index contributed by atoms with van der Waals surface area (Å²) < 4.78 is 9.71. The molecule has 0 spiro atoms. The van der Waals surface area contributed by atoms with E-state index in [4.69, 9.17) is 4.74 Å². The number of rotatable bonds is 4. The van der Waals surface area contributed by atoms with Crippen LogP contribution in [0.5, 0.6) is 0 Å². The van der Waals surface area contributed by atoms with Gasteiger partial charge in [-0.25, -0.2) is 4.79 Å². The van der Waals surface area contributed by atoms with Crippen LogP contribution in [0.4, 0.5) is 10.5 Å². The van der Waals surface area contributed by atoms with E-state index >= 15 is 0 Å². The lowest BCUT2D eigenvalue weighted by molar-refractivity contribution is -0.137. The molecule has 5 nitrogen and oxygen atoms in total. The number of anilines is 1. The molecule has 0 radical (unpaired) electrons. The van der Waals surface area contributed by atoms with Gasteiger partial charge in [-0.15, -0.1) is 11.8 Å². The number of carbonyl (C=O) groups excluding carboxylic acids is 2. The second-order valence-electron chi connectivity index (χ2n) is 5.02. The van der Waals surface area contributed by atoms with Crippen LogP contribution in [-0.4, -0.2) is 30.5 Å². The summed E-state index contributed by atoms with van der Waals surface area (Å²) in [6.45, 7) is 5.41. The molecule has 0 aliphatic carbocycles. The number of hydrogen-bond acceptors (Lipinski definition) is 5. The molecule has 1 amide bonds. The SMILES string of the molecule is COC(=O)CSc1ccc(NC(=O)OC(C)(C)C)cc1. The van der Waals surface area contributed by atoms with Gasteiger partial charge in [-0.2, -0.15) is 0 Å². The first-order valence-corrected chi connectivity index (χ1v) is 7.08. The fourth-order valence-electron chi connectivity index (χ4n) is 1.26. The van der Waals surface area contributed by atoms with Crippen LogP contribution in [0.2, 0.25) is 0 Å². The van der Waals surface area contributed by atoms with Crippen molar-refractivity contribution in [1.29, 1.82) is 0 Å². The summed E-state index contributed by atoms with van der Waals surface area (Å²) in [6, 6.07) is 7.15. The van der Waals surface area contributed by atoms with Gasteiger partial charge in [-0.3, -0.25) is 10.1 Å². The summed E-state index contributed by atoms with van der Waals surface area (Å²) >= 11 is 1.37. The van der Waals surface area contributed by atoms with E-state index in [-0.39, 0.29) is 11.7 Å². The van der Waals surface area contributed by atoms with E-state index in [2.05, 4.69) is 10.1 Å². The van der Waals surface area contributed by atoms with Crippen molar-refractivity contribution in [2.24, 2.45) is 0 Å². The molecule has 0 bridgehead atoms. The van der Waals surface area contributed by atoms with Gasteiger partial charge in [0.05, 0.1) is 12.9 Å². The molecule has 0 atom stereocenters. The van der Waals surface area contributed by atoms with Gasteiger partial charge < -0.3 is 9.47 Å². The van der Waals surface area contributed by atoms with Gasteiger partial charge in [-0.1, -0.05) is 0 Å². The number of nitrogens with one attached hydrogen (secondary N) is 1. The fraction of sp³-hybridized carbons (Fsp3) is 0.429. The predicted octanol–water partition coefficient (Wildman–Crippen LogP) is 3.30. The molecule has 1 N–H and O–H groups in total. The first-order valence-electron chi connectivity index (χ1n) is 6.10. The van der Waals surface area contributed by atoms with E-state index in [0.29, 0.717) is 5.69 Å². The highest BCUT2D eigenvalue weighted by Gasteiger charge is 2.16. The van der Waals surface area contributed by atoms with E-state index in [9.17, 15) is 9.59 Å². The quantitative estimate of drug-likeness (QED) is 0.682. The molecule has 0 saturated heterocycles. The van der Waals surface area contributed by atoms with Crippen molar-refractivity contribution in [1.82, 2.24) is 0 Å². The Morgan fingerprint density at radius 3 is 2.30 bits per heavy atom. The minimum atomic E-state index is -0.527. The summed E-state index contributed by atoms with van der Waals surface area (Å²) in [5.74, 6) is -0.0130. The van der Waals surface area contributed by atoms with E-state index in [1.807, 2.05) is 12.1 Å². The second kappa shape index (κ2) is 7.19. The standard InChI is InChI=1S/C14H19NO4S/c1-14(2,3)19-13(17)15-10-5-7-11(8-6-10)20-9-12(16)18-4/h5-8H,9H2,1-4H3,(H,15,17). The molecule has 0 fully saturated rings. The molecule has 0 unspecified atom stereocenters. The van der Waals surface area contributed by atoms with E-state index < -0.39 is 11.7 Å². The van der Waals surface area contributed by atoms with Gasteiger partial charge in [0.2, 0.25) is 0 Å². The van der Waals surface area contributed by atoms with Gasteiger partial charge in [0.1, 0.15) is 5.60 Å². The highest BCUT2D eigenvalue weighted by Crippen LogP contribution is 2.20. The number of benzene rings is 1. The molecule has 0 saturated carbocycles. The molecule has 0 aliphatic heterocycles. The summed E-state index contributed by atoms with van der Waals surface area (Å²) in [4.78, 5) is 23.5. The zero-order valence-electron chi connectivity index (χ0n) is 12.1. The average Bonchev–Trinajstić information content (AvgIpc) is 2.35. The van der Waals surface area contributed by atoms with Crippen LogP contribution in [0.15, 0.2) is 29.2 Å². The monoisotopic (exact) mass is 297 g/mol. The Morgan fingerprint density at radius 1 is 1.20 bits per heavy atom. The molecule has 0 heterocycles. The Hall–Kier alpha value is -1.69. The third-order valence-electron chi connectivity index (χ3n) is 2.08. The number of amides is 1. The number of ether oxygens (including phenoxy) is 2. The van der Waals surface area contributed by atoms with Crippen molar-refractivity contribution in [3.8, 4) is 0 Å². The summed E-state index contributed by atoms with van der Waals surface area (Å²) in [6.07, 6.45) is -0.493. The fourth-order valence-corrected chi connectivity index (χ4v) is 1.99. The summed E-state index contributed by atoms with van der Waals surface area (Å²) in [5, 5.41) is 2.64. The van der Waals surface area contributed by atoms with Crippen molar-refractivity contribution in [3.05, 3.63) is 24.3 Å². The lowest BCUT2D eigenvalue weighted by atomic mass is 10.2. The van der Waals surface area contributed by atoms with Crippen LogP contribution in [-0.2, 0) is 14.3 Å². The zero-order chi connectivity index (χ0) is 15.2. The topological polar surface area (TPSA) is 64.6 Å². The van der Waals surface area contributed by atoms with E-state index in [0.717, 1.165) is 4.90 Å². The van der Waals surface area contributed by atoms with Crippen molar-refractivity contribution in [3.63, 3.8) is 0 Å². The highest BCUT2D eigenvalue weighted by molar-refractivity contribution is 8.00. The highest BCUT2D eigenvalue weighted by atomic mass is 32.2. The Kier molecular flexibility index (Phi) is 5.88. The molecular weight excluding hydrogens is 278 g/mol. The van der Waals surface area contributed by atoms with E-state index in [1.54, 1.807) is 32.9 Å². The Morgan fingerprint density at radius 2 is 1.80 bits per heavy atom. The Balaban J connectivity index is 2.50. The smallest absolute Gasteiger partial charge is 0.412 e. The van der Waals surface area contributed by atoms with Crippen LogP contribution < -0.4 is 5.32 Å². The lowest BCUT2D eigenvalue weighted by Gasteiger charge is -2.19. The maximum absolute atomic E-state index is 11.6. The number of carbonyl (C=O) groups is 2. The minimum Gasteiger partial charge on any atom is -0.468 e. The lowest BCUT2D eigenvalue weighted by Crippen LogP contribution is -2.27. The normalized spacial score (nSPS) is 10.8. The molecule has 6 heteroatoms. The first kappa shape index (κ1) is 16.4. The second-order valence-corrected chi connectivity index (χ2v) is 6.06. The Bertz CT molecular complexity index is 465. The average molecular weight is 297 g/mol. The molecular formula is C14H19NO4S. The minimum absolute atomic E-state index is 0.259. The van der Waals surface area contributed by atoms with Crippen LogP contribution in [0.1, 0.15) is 20.8 Å². The molecule has 1 rings (SSSR count). The van der Waals surface area contributed by atoms with Gasteiger partial charge in [0, 0.05) is 10.6 Å². The molecule has 0 aliphatic rings. The third kappa shape index (κ3) is 6.47. The number of hydrogen-bond donors (Lipinski definition) is 1. The first-order chi connectivity index (χ1) is 9.30. The van der Waals surface area contributed by atoms with Crippen molar-refractivity contribution in [2.45, 2.75) is 31.3 Å². The molecule has 1 aromatic carbocycles. The van der Waals surface area contributed by atoms with Crippen LogP contribution in [0.25, 0.3) is 0 Å². The third-order valence-corrected chi connectivity index (χ3v) is 3.07. The van der Waals surface area contributed by atoms with Crippen molar-refractivity contribution >= 4 is 29.5 Å². The van der Waals surface area contributed by atoms with Gasteiger partial charge in [0.25, 0.3) is 0 Å². The van der Waals surface area contributed by atoms with E-state index in [1.165, 1.54) is 18.9 Å². The van der Waals surface area contributed by atoms with Crippen molar-refractivity contribution < 1.29 is 19.1 Å². The predicted molar refractivity (Wildman–Crippen MR) is 79.0 cm³/mol. The largest absolute Gasteiger partial charge is 0.468 e. The number of esters is 1. The molecule has 20 heavy (non-hydrogen) atoms. The number of methoxy groups -OCH3 is 1. The molecule has 1 aromatic rings. The van der Waals surface area contributed by atoms with Crippen LogP contribution in [0.3, 0.4) is 0 Å². The van der Waals surface area contributed by atoms with Gasteiger partial charge >= 0.3 is 12.1 Å². The maximum atomic E-state index is 11.6. The molecule has 110 valence electrons. The number of thioether (sulfide) groups is 1. The van der Waals surface area contributed by atoms with Gasteiger partial charge in [-0.05, 0) is 45.0 Å². The molecule has 0 aromatic heterocycles. The zero-order valence-corrected chi connectivity index (χ0v) is 12.9. The maximum Gasteiger partial charge on any atom is 0.412 e. The van der Waals surface area contributed by atoms with Gasteiger partial charge in [0.15, 0.2) is 0 Å². The summed E-state index contributed by atoms with van der Waals surface area (Å²) in [5.41, 5.74) is 0.113. The Labute approximate surface area is 123 Å². The van der Waals surface area contributed by atoms with Crippen LogP contribution in [0, 0.1) is 0 Å². The summed E-state index contributed by atoms with van der Waals surface area (Å²) in [7, 11) is 1.36.